The molecule has 1 heterocycles. The quantitative estimate of drug-likeness (QED) is 0.691. The van der Waals surface area contributed by atoms with E-state index in [-0.39, 0.29) is 0 Å². The highest BCUT2D eigenvalue weighted by molar-refractivity contribution is 9.09. The topological polar surface area (TPSA) is 3.24 Å². The molecule has 0 aliphatic carbocycles. The molecular formula is C11H22BrN. The third-order valence-corrected chi connectivity index (χ3v) is 3.97. The Morgan fingerprint density at radius 1 is 1.54 bits per heavy atom. The normalized spacial score (nSPS) is 27.5. The third-order valence-electron chi connectivity index (χ3n) is 3.05. The molecule has 0 saturated carbocycles. The fourth-order valence-electron chi connectivity index (χ4n) is 2.10. The van der Waals surface area contributed by atoms with Gasteiger partial charge in [0.2, 0.25) is 0 Å². The van der Waals surface area contributed by atoms with Gasteiger partial charge < -0.3 is 4.90 Å². The van der Waals surface area contributed by atoms with Gasteiger partial charge in [-0.3, -0.25) is 0 Å². The summed E-state index contributed by atoms with van der Waals surface area (Å²) in [5.74, 6) is 1.77. The summed E-state index contributed by atoms with van der Waals surface area (Å²) < 4.78 is 0. The van der Waals surface area contributed by atoms with Gasteiger partial charge in [-0.1, -0.05) is 36.2 Å². The number of alkyl halides is 1. The van der Waals surface area contributed by atoms with E-state index < -0.39 is 0 Å². The zero-order chi connectivity index (χ0) is 9.68. The van der Waals surface area contributed by atoms with Crippen molar-refractivity contribution < 1.29 is 0 Å². The number of rotatable bonds is 4. The summed E-state index contributed by atoms with van der Waals surface area (Å²) in [6.07, 6.45) is 4.14. The Labute approximate surface area is 91.0 Å². The number of piperidine rings is 1. The van der Waals surface area contributed by atoms with Crippen LogP contribution in [0.3, 0.4) is 0 Å². The lowest BCUT2D eigenvalue weighted by Gasteiger charge is -2.33. The molecule has 1 nitrogen and oxygen atoms in total. The molecule has 0 aromatic carbocycles. The predicted molar refractivity (Wildman–Crippen MR) is 62.4 cm³/mol. The fourth-order valence-corrected chi connectivity index (χ4v) is 2.77. The first-order valence-corrected chi connectivity index (χ1v) is 6.66. The standard InChI is InChI=1S/C11H22BrN/c1-3-11(7-12)9-13-6-4-5-10(2)8-13/h10-11H,3-9H2,1-2H3. The molecule has 0 N–H and O–H groups in total. The summed E-state index contributed by atoms with van der Waals surface area (Å²) in [7, 11) is 0. The van der Waals surface area contributed by atoms with Crippen LogP contribution in [0.1, 0.15) is 33.1 Å². The molecule has 0 aromatic rings. The highest BCUT2D eigenvalue weighted by Crippen LogP contribution is 2.18. The fraction of sp³-hybridized carbons (Fsp3) is 1.00. The highest BCUT2D eigenvalue weighted by atomic mass is 79.9. The van der Waals surface area contributed by atoms with E-state index in [2.05, 4.69) is 34.7 Å². The second-order valence-electron chi connectivity index (χ2n) is 4.44. The molecule has 78 valence electrons. The number of nitrogens with zero attached hydrogens (tertiary/aromatic N) is 1. The molecule has 1 rings (SSSR count). The maximum absolute atomic E-state index is 3.59. The van der Waals surface area contributed by atoms with Gasteiger partial charge in [0.05, 0.1) is 0 Å². The second-order valence-corrected chi connectivity index (χ2v) is 5.08. The van der Waals surface area contributed by atoms with Crippen molar-refractivity contribution in [1.82, 2.24) is 4.90 Å². The van der Waals surface area contributed by atoms with Gasteiger partial charge in [-0.05, 0) is 31.2 Å². The van der Waals surface area contributed by atoms with Gasteiger partial charge in [-0.15, -0.1) is 0 Å². The molecular weight excluding hydrogens is 226 g/mol. The molecule has 1 aliphatic rings. The van der Waals surface area contributed by atoms with E-state index in [4.69, 9.17) is 0 Å². The van der Waals surface area contributed by atoms with Gasteiger partial charge in [0.1, 0.15) is 0 Å². The van der Waals surface area contributed by atoms with Crippen LogP contribution in [0.5, 0.6) is 0 Å². The van der Waals surface area contributed by atoms with E-state index >= 15 is 0 Å². The van der Waals surface area contributed by atoms with Crippen molar-refractivity contribution in [3.8, 4) is 0 Å². The molecule has 0 aromatic heterocycles. The largest absolute Gasteiger partial charge is 0.303 e. The SMILES string of the molecule is CCC(CBr)CN1CCCC(C)C1. The van der Waals surface area contributed by atoms with Gasteiger partial charge in [-0.2, -0.15) is 0 Å². The maximum atomic E-state index is 3.59. The van der Waals surface area contributed by atoms with Crippen molar-refractivity contribution in [3.05, 3.63) is 0 Å². The molecule has 2 atom stereocenters. The smallest absolute Gasteiger partial charge is 0.00717 e. The van der Waals surface area contributed by atoms with Crippen LogP contribution in [0.4, 0.5) is 0 Å². The Hall–Kier alpha value is 0.440. The van der Waals surface area contributed by atoms with Crippen molar-refractivity contribution >= 4 is 15.9 Å². The summed E-state index contributed by atoms with van der Waals surface area (Å²) in [6, 6.07) is 0. The van der Waals surface area contributed by atoms with E-state index in [1.54, 1.807) is 0 Å². The summed E-state index contributed by atoms with van der Waals surface area (Å²) in [5.41, 5.74) is 0. The Morgan fingerprint density at radius 2 is 2.31 bits per heavy atom. The zero-order valence-electron chi connectivity index (χ0n) is 8.93. The molecule has 0 bridgehead atoms. The Bertz CT molecular complexity index is 134. The van der Waals surface area contributed by atoms with Crippen LogP contribution in [-0.2, 0) is 0 Å². The third kappa shape index (κ3) is 3.99. The minimum atomic E-state index is 0.852. The van der Waals surface area contributed by atoms with Crippen molar-refractivity contribution in [2.45, 2.75) is 33.1 Å². The summed E-state index contributed by atoms with van der Waals surface area (Å²) >= 11 is 3.59. The van der Waals surface area contributed by atoms with E-state index in [1.807, 2.05) is 0 Å². The van der Waals surface area contributed by atoms with Crippen molar-refractivity contribution in [2.75, 3.05) is 25.0 Å². The molecule has 1 saturated heterocycles. The van der Waals surface area contributed by atoms with Gasteiger partial charge >= 0.3 is 0 Å². The Balaban J connectivity index is 2.26. The monoisotopic (exact) mass is 247 g/mol. The Kier molecular flexibility index (Phi) is 5.34. The minimum absolute atomic E-state index is 0.852. The molecule has 13 heavy (non-hydrogen) atoms. The Morgan fingerprint density at radius 3 is 2.85 bits per heavy atom. The minimum Gasteiger partial charge on any atom is -0.303 e. The average molecular weight is 248 g/mol. The van der Waals surface area contributed by atoms with Crippen molar-refractivity contribution in [2.24, 2.45) is 11.8 Å². The molecule has 1 aliphatic heterocycles. The molecule has 1 fully saturated rings. The van der Waals surface area contributed by atoms with E-state index in [0.29, 0.717) is 0 Å². The van der Waals surface area contributed by atoms with Gasteiger partial charge in [-0.25, -0.2) is 0 Å². The van der Waals surface area contributed by atoms with Crippen molar-refractivity contribution in [3.63, 3.8) is 0 Å². The lowest BCUT2D eigenvalue weighted by atomic mass is 9.98. The highest BCUT2D eigenvalue weighted by Gasteiger charge is 2.18. The summed E-state index contributed by atoms with van der Waals surface area (Å²) in [6.45, 7) is 8.62. The number of hydrogen-bond donors (Lipinski definition) is 0. The second kappa shape index (κ2) is 6.02. The van der Waals surface area contributed by atoms with Gasteiger partial charge in [0.15, 0.2) is 0 Å². The molecule has 2 heteroatoms. The van der Waals surface area contributed by atoms with Gasteiger partial charge in [0.25, 0.3) is 0 Å². The maximum Gasteiger partial charge on any atom is 0.00717 e. The van der Waals surface area contributed by atoms with Crippen LogP contribution in [-0.4, -0.2) is 29.9 Å². The predicted octanol–water partition coefficient (Wildman–Crippen LogP) is 3.14. The van der Waals surface area contributed by atoms with Crippen LogP contribution in [0, 0.1) is 11.8 Å². The molecule has 2 unspecified atom stereocenters. The van der Waals surface area contributed by atoms with Crippen molar-refractivity contribution in [1.29, 1.82) is 0 Å². The number of halogens is 1. The number of likely N-dealkylation sites (tertiary alicyclic amines) is 1. The van der Waals surface area contributed by atoms with Crippen LogP contribution in [0.2, 0.25) is 0 Å². The van der Waals surface area contributed by atoms with E-state index in [9.17, 15) is 0 Å². The number of hydrogen-bond acceptors (Lipinski definition) is 1. The van der Waals surface area contributed by atoms with E-state index in [1.165, 1.54) is 38.9 Å². The van der Waals surface area contributed by atoms with E-state index in [0.717, 1.165) is 17.2 Å². The lowest BCUT2D eigenvalue weighted by molar-refractivity contribution is 0.163. The first-order chi connectivity index (χ1) is 6.26. The lowest BCUT2D eigenvalue weighted by Crippen LogP contribution is -2.37. The summed E-state index contributed by atoms with van der Waals surface area (Å²) in [4.78, 5) is 2.64. The van der Waals surface area contributed by atoms with Crippen LogP contribution >= 0.6 is 15.9 Å². The molecule has 0 radical (unpaired) electrons. The first-order valence-electron chi connectivity index (χ1n) is 5.54. The summed E-state index contributed by atoms with van der Waals surface area (Å²) in [5, 5.41) is 1.16. The van der Waals surface area contributed by atoms with Crippen LogP contribution in [0.25, 0.3) is 0 Å². The zero-order valence-corrected chi connectivity index (χ0v) is 10.5. The van der Waals surface area contributed by atoms with Gasteiger partial charge in [0, 0.05) is 18.4 Å². The average Bonchev–Trinajstić information content (AvgIpc) is 2.14. The molecule has 0 spiro atoms. The first kappa shape index (κ1) is 11.5. The van der Waals surface area contributed by atoms with Crippen LogP contribution < -0.4 is 0 Å². The van der Waals surface area contributed by atoms with Crippen LogP contribution in [0.15, 0.2) is 0 Å². The molecule has 0 amide bonds.